The highest BCUT2D eigenvalue weighted by Crippen LogP contribution is 2.27. The number of nitrogens with one attached hydrogen (secondary N) is 1. The summed E-state index contributed by atoms with van der Waals surface area (Å²) < 4.78 is 29.0. The van der Waals surface area contributed by atoms with Gasteiger partial charge in [-0.3, -0.25) is 4.79 Å². The van der Waals surface area contributed by atoms with E-state index in [-0.39, 0.29) is 24.7 Å². The fourth-order valence-corrected chi connectivity index (χ4v) is 2.75. The minimum Gasteiger partial charge on any atom is -0.449 e. The van der Waals surface area contributed by atoms with Crippen LogP contribution in [-0.4, -0.2) is 25.1 Å². The van der Waals surface area contributed by atoms with Crippen molar-refractivity contribution in [3.8, 4) is 0 Å². The van der Waals surface area contributed by atoms with Crippen LogP contribution in [0.4, 0.5) is 4.39 Å². The molecule has 1 N–H and O–H groups in total. The number of fused-ring (bicyclic) bond motifs is 1. The number of amides is 1. The quantitative estimate of drug-likeness (QED) is 0.629. The summed E-state index contributed by atoms with van der Waals surface area (Å²) in [4.78, 5) is 24.8. The smallest absolute Gasteiger partial charge is 0.375 e. The Morgan fingerprint density at radius 1 is 1.14 bits per heavy atom. The van der Waals surface area contributed by atoms with Crippen molar-refractivity contribution in [1.29, 1.82) is 0 Å². The van der Waals surface area contributed by atoms with Crippen molar-refractivity contribution in [3.63, 3.8) is 0 Å². The third-order valence-electron chi connectivity index (χ3n) is 4.21. The van der Waals surface area contributed by atoms with Gasteiger partial charge in [0.15, 0.2) is 6.10 Å². The lowest BCUT2D eigenvalue weighted by Gasteiger charge is -2.13. The van der Waals surface area contributed by atoms with Crippen molar-refractivity contribution >= 4 is 22.8 Å². The van der Waals surface area contributed by atoms with E-state index in [0.29, 0.717) is 11.1 Å². The second-order valence-electron chi connectivity index (χ2n) is 6.23. The highest BCUT2D eigenvalue weighted by atomic mass is 19.1. The summed E-state index contributed by atoms with van der Waals surface area (Å²) in [5, 5.41) is 3.40. The molecule has 1 heterocycles. The topological polar surface area (TPSA) is 77.8 Å². The van der Waals surface area contributed by atoms with Gasteiger partial charge < -0.3 is 19.2 Å². The molecule has 0 aliphatic rings. The van der Waals surface area contributed by atoms with Crippen molar-refractivity contribution in [2.24, 2.45) is 0 Å². The number of furan rings is 1. The molecule has 28 heavy (non-hydrogen) atoms. The predicted molar refractivity (Wildman–Crippen MR) is 100 cm³/mol. The Kier molecular flexibility index (Phi) is 6.06. The van der Waals surface area contributed by atoms with Crippen molar-refractivity contribution in [2.75, 3.05) is 7.11 Å². The van der Waals surface area contributed by atoms with Gasteiger partial charge in [-0.2, -0.15) is 0 Å². The fourth-order valence-electron chi connectivity index (χ4n) is 2.75. The van der Waals surface area contributed by atoms with E-state index in [9.17, 15) is 14.0 Å². The van der Waals surface area contributed by atoms with E-state index < -0.39 is 18.0 Å². The second kappa shape index (κ2) is 8.67. The number of halogens is 1. The number of methoxy groups -OCH3 is 1. The van der Waals surface area contributed by atoms with Gasteiger partial charge in [-0.1, -0.05) is 30.3 Å². The van der Waals surface area contributed by atoms with E-state index in [4.69, 9.17) is 13.9 Å². The van der Waals surface area contributed by atoms with Gasteiger partial charge in [0.25, 0.3) is 5.91 Å². The summed E-state index contributed by atoms with van der Waals surface area (Å²) in [6, 6.07) is 12.9. The van der Waals surface area contributed by atoms with E-state index in [1.165, 1.54) is 26.2 Å². The molecule has 0 aliphatic carbocycles. The third-order valence-corrected chi connectivity index (χ3v) is 4.21. The average Bonchev–Trinajstić information content (AvgIpc) is 3.06. The van der Waals surface area contributed by atoms with Gasteiger partial charge in [-0.15, -0.1) is 0 Å². The Balaban J connectivity index is 1.66. The molecular formula is C21H20FNO5. The van der Waals surface area contributed by atoms with Crippen LogP contribution in [0.5, 0.6) is 0 Å². The van der Waals surface area contributed by atoms with Crippen LogP contribution in [0.2, 0.25) is 0 Å². The number of benzene rings is 2. The normalized spacial score (nSPS) is 12.0. The molecule has 0 saturated heterocycles. The van der Waals surface area contributed by atoms with Crippen molar-refractivity contribution in [1.82, 2.24) is 5.32 Å². The molecule has 6 nitrogen and oxygen atoms in total. The molecule has 3 aromatic rings. The average molecular weight is 385 g/mol. The Hall–Kier alpha value is -3.19. The molecular weight excluding hydrogens is 365 g/mol. The maximum Gasteiger partial charge on any atom is 0.375 e. The van der Waals surface area contributed by atoms with Gasteiger partial charge in [0.05, 0.1) is 6.61 Å². The summed E-state index contributed by atoms with van der Waals surface area (Å²) in [6.45, 7) is 1.84. The van der Waals surface area contributed by atoms with E-state index in [1.54, 1.807) is 24.3 Å². The highest BCUT2D eigenvalue weighted by Gasteiger charge is 2.25. The Morgan fingerprint density at radius 3 is 2.57 bits per heavy atom. The van der Waals surface area contributed by atoms with Crippen molar-refractivity contribution in [3.05, 3.63) is 71.2 Å². The summed E-state index contributed by atoms with van der Waals surface area (Å²) in [5.74, 6) is -1.55. The van der Waals surface area contributed by atoms with Crippen LogP contribution in [0, 0.1) is 5.82 Å². The molecule has 0 fully saturated rings. The van der Waals surface area contributed by atoms with Gasteiger partial charge in [0.1, 0.15) is 11.4 Å². The fraction of sp³-hybridized carbons (Fsp3) is 0.238. The number of hydrogen-bond acceptors (Lipinski definition) is 5. The number of ether oxygens (including phenoxy) is 2. The third kappa shape index (κ3) is 4.37. The van der Waals surface area contributed by atoms with Crippen molar-refractivity contribution < 1.29 is 27.9 Å². The molecule has 1 atom stereocenters. The Morgan fingerprint density at radius 2 is 1.86 bits per heavy atom. The number of hydrogen-bond donors (Lipinski definition) is 1. The molecule has 1 unspecified atom stereocenters. The minimum absolute atomic E-state index is 0.0150. The van der Waals surface area contributed by atoms with Gasteiger partial charge in [-0.05, 0) is 30.7 Å². The summed E-state index contributed by atoms with van der Waals surface area (Å²) in [5.41, 5.74) is 1.84. The van der Waals surface area contributed by atoms with Crippen LogP contribution in [0.1, 0.15) is 28.6 Å². The maximum atomic E-state index is 12.9. The molecule has 0 saturated carbocycles. The zero-order valence-corrected chi connectivity index (χ0v) is 15.5. The molecule has 0 spiro atoms. The van der Waals surface area contributed by atoms with Gasteiger partial charge in [0, 0.05) is 24.6 Å². The molecule has 0 radical (unpaired) electrons. The lowest BCUT2D eigenvalue weighted by atomic mass is 10.1. The van der Waals surface area contributed by atoms with Crippen LogP contribution in [0.25, 0.3) is 11.0 Å². The van der Waals surface area contributed by atoms with E-state index in [2.05, 4.69) is 5.32 Å². The number of rotatable bonds is 7. The van der Waals surface area contributed by atoms with E-state index >= 15 is 0 Å². The van der Waals surface area contributed by atoms with Crippen molar-refractivity contribution in [2.45, 2.75) is 26.2 Å². The Labute approximate surface area is 161 Å². The van der Waals surface area contributed by atoms with Crippen LogP contribution < -0.4 is 5.32 Å². The zero-order chi connectivity index (χ0) is 20.1. The number of carbonyl (C=O) groups is 2. The SMILES string of the molecule is COCc1c(C(=O)OC(C)C(=O)NCc2ccc(F)cc2)oc2ccccc12. The highest BCUT2D eigenvalue weighted by molar-refractivity contribution is 5.97. The monoisotopic (exact) mass is 385 g/mol. The number of esters is 1. The lowest BCUT2D eigenvalue weighted by Crippen LogP contribution is -2.35. The zero-order valence-electron chi connectivity index (χ0n) is 15.5. The molecule has 2 aromatic carbocycles. The first-order valence-electron chi connectivity index (χ1n) is 8.72. The molecule has 1 amide bonds. The largest absolute Gasteiger partial charge is 0.449 e. The predicted octanol–water partition coefficient (Wildman–Crippen LogP) is 3.58. The van der Waals surface area contributed by atoms with Gasteiger partial charge in [-0.25, -0.2) is 9.18 Å². The van der Waals surface area contributed by atoms with Crippen LogP contribution in [-0.2, 0) is 27.4 Å². The van der Waals surface area contributed by atoms with Crippen LogP contribution in [0.15, 0.2) is 52.9 Å². The van der Waals surface area contributed by atoms with Gasteiger partial charge >= 0.3 is 5.97 Å². The molecule has 0 aliphatic heterocycles. The molecule has 3 rings (SSSR count). The second-order valence-corrected chi connectivity index (χ2v) is 6.23. The molecule has 7 heteroatoms. The first-order valence-corrected chi connectivity index (χ1v) is 8.72. The summed E-state index contributed by atoms with van der Waals surface area (Å²) in [7, 11) is 1.52. The summed E-state index contributed by atoms with van der Waals surface area (Å²) >= 11 is 0. The summed E-state index contributed by atoms with van der Waals surface area (Å²) in [6.07, 6.45) is -1.03. The molecule has 146 valence electrons. The lowest BCUT2D eigenvalue weighted by molar-refractivity contribution is -0.129. The first kappa shape index (κ1) is 19.6. The van der Waals surface area contributed by atoms with Crippen LogP contribution >= 0.6 is 0 Å². The van der Waals surface area contributed by atoms with E-state index in [0.717, 1.165) is 10.9 Å². The van der Waals surface area contributed by atoms with Crippen LogP contribution in [0.3, 0.4) is 0 Å². The number of carbonyl (C=O) groups excluding carboxylic acids is 2. The van der Waals surface area contributed by atoms with E-state index in [1.807, 2.05) is 12.1 Å². The first-order chi connectivity index (χ1) is 13.5. The van der Waals surface area contributed by atoms with Gasteiger partial charge in [0.2, 0.25) is 5.76 Å². The minimum atomic E-state index is -1.03. The molecule has 0 bridgehead atoms. The number of para-hydroxylation sites is 1. The maximum absolute atomic E-state index is 12.9. The molecule has 1 aromatic heterocycles. The Bertz CT molecular complexity index is 980. The standard InChI is InChI=1S/C21H20FNO5/c1-13(20(24)23-11-14-7-9-15(22)10-8-14)27-21(25)19-17(12-26-2)16-5-3-4-6-18(16)28-19/h3-10,13H,11-12H2,1-2H3,(H,23,24).